The Hall–Kier alpha value is -4.78. The molecule has 7 rings (SSSR count). The van der Waals surface area contributed by atoms with Gasteiger partial charge in [-0.3, -0.25) is 19.5 Å². The Morgan fingerprint density at radius 2 is 1.71 bits per heavy atom. The molecule has 0 saturated carbocycles. The average Bonchev–Trinajstić information content (AvgIpc) is 3.76. The molecule has 3 aliphatic rings. The molecule has 2 N–H and O–H groups in total. The Balaban J connectivity index is 1.14. The molecule has 0 spiro atoms. The maximum Gasteiger partial charge on any atom is 0.237 e. The summed E-state index contributed by atoms with van der Waals surface area (Å²) in [5.41, 5.74) is 7.44. The molecule has 2 amide bonds. The predicted molar refractivity (Wildman–Crippen MR) is 194 cm³/mol. The number of pyridine rings is 1. The van der Waals surface area contributed by atoms with Gasteiger partial charge in [0.1, 0.15) is 18.1 Å². The highest BCUT2D eigenvalue weighted by Gasteiger charge is 2.32. The number of piperazine rings is 1. The van der Waals surface area contributed by atoms with Gasteiger partial charge in [-0.2, -0.15) is 0 Å². The number of carbonyl (C=O) groups is 2. The molecule has 2 atom stereocenters. The zero-order valence-corrected chi connectivity index (χ0v) is 30.0. The SMILES string of the molecule is COc1nc(-c2cccc(-c3cccc(-c4cc5c(c(OC)n4)C(NCC4CCC(=O)N4)CO5)c3Cl)c2C)cnc1CN1CCN(C(C)=O)CC1. The highest BCUT2D eigenvalue weighted by Crippen LogP contribution is 2.44. The summed E-state index contributed by atoms with van der Waals surface area (Å²) in [6.45, 7) is 8.27. The van der Waals surface area contributed by atoms with Gasteiger partial charge in [0.15, 0.2) is 0 Å². The van der Waals surface area contributed by atoms with Gasteiger partial charge in [-0.1, -0.05) is 48.0 Å². The van der Waals surface area contributed by atoms with E-state index < -0.39 is 0 Å². The third kappa shape index (κ3) is 7.08. The Bertz CT molecular complexity index is 1970. The van der Waals surface area contributed by atoms with Crippen LogP contribution >= 0.6 is 11.6 Å². The van der Waals surface area contributed by atoms with Crippen LogP contribution in [-0.4, -0.2) is 96.2 Å². The second kappa shape index (κ2) is 14.8. The molecule has 2 saturated heterocycles. The van der Waals surface area contributed by atoms with Crippen molar-refractivity contribution in [2.24, 2.45) is 0 Å². The molecule has 51 heavy (non-hydrogen) atoms. The summed E-state index contributed by atoms with van der Waals surface area (Å²) in [5, 5.41) is 7.07. The van der Waals surface area contributed by atoms with E-state index in [1.165, 1.54) is 0 Å². The van der Waals surface area contributed by atoms with Crippen molar-refractivity contribution in [2.45, 2.75) is 45.3 Å². The molecule has 3 aliphatic heterocycles. The van der Waals surface area contributed by atoms with Crippen molar-refractivity contribution in [3.05, 3.63) is 70.5 Å². The summed E-state index contributed by atoms with van der Waals surface area (Å²) < 4.78 is 17.6. The van der Waals surface area contributed by atoms with Crippen molar-refractivity contribution < 1.29 is 23.8 Å². The molecule has 13 heteroatoms. The first-order valence-corrected chi connectivity index (χ1v) is 17.6. The fraction of sp³-hybridized carbons (Fsp3) is 0.395. The molecule has 2 fully saturated rings. The van der Waals surface area contributed by atoms with E-state index in [9.17, 15) is 9.59 Å². The predicted octanol–water partition coefficient (Wildman–Crippen LogP) is 4.82. The van der Waals surface area contributed by atoms with E-state index in [1.807, 2.05) is 47.4 Å². The van der Waals surface area contributed by atoms with Crippen molar-refractivity contribution >= 4 is 23.4 Å². The van der Waals surface area contributed by atoms with Crippen LogP contribution in [0.4, 0.5) is 0 Å². The number of nitrogens with one attached hydrogen (secondary N) is 2. The molecular formula is C38H42ClN7O5. The van der Waals surface area contributed by atoms with Crippen molar-refractivity contribution in [3.63, 3.8) is 0 Å². The van der Waals surface area contributed by atoms with Crippen LogP contribution in [0, 0.1) is 6.92 Å². The maximum absolute atomic E-state index is 11.7. The van der Waals surface area contributed by atoms with Crippen molar-refractivity contribution in [3.8, 4) is 51.2 Å². The molecule has 0 radical (unpaired) electrons. The number of halogens is 1. The molecule has 2 aromatic heterocycles. The Morgan fingerprint density at radius 3 is 2.41 bits per heavy atom. The van der Waals surface area contributed by atoms with Crippen LogP contribution in [0.15, 0.2) is 48.7 Å². The number of amides is 2. The summed E-state index contributed by atoms with van der Waals surface area (Å²) in [6, 6.07) is 13.9. The first-order chi connectivity index (χ1) is 24.7. The fourth-order valence-corrected chi connectivity index (χ4v) is 7.47. The Morgan fingerprint density at radius 1 is 1.00 bits per heavy atom. The number of benzene rings is 2. The lowest BCUT2D eigenvalue weighted by atomic mass is 9.93. The van der Waals surface area contributed by atoms with E-state index in [0.717, 1.165) is 58.6 Å². The minimum atomic E-state index is -0.111. The number of carbonyl (C=O) groups excluding carboxylic acids is 2. The van der Waals surface area contributed by atoms with Crippen LogP contribution in [0.25, 0.3) is 33.6 Å². The third-order valence-electron chi connectivity index (χ3n) is 10.00. The van der Waals surface area contributed by atoms with Gasteiger partial charge in [-0.15, -0.1) is 0 Å². The van der Waals surface area contributed by atoms with E-state index in [1.54, 1.807) is 27.3 Å². The first-order valence-electron chi connectivity index (χ1n) is 17.3. The van der Waals surface area contributed by atoms with E-state index >= 15 is 0 Å². The van der Waals surface area contributed by atoms with Crippen LogP contribution in [0.5, 0.6) is 17.5 Å². The number of aromatic nitrogens is 3. The van der Waals surface area contributed by atoms with Crippen LogP contribution < -0.4 is 24.8 Å². The molecule has 0 aliphatic carbocycles. The Kier molecular flexibility index (Phi) is 10.1. The van der Waals surface area contributed by atoms with Gasteiger partial charge in [0.05, 0.1) is 48.4 Å². The summed E-state index contributed by atoms with van der Waals surface area (Å²) in [4.78, 5) is 42.1. The number of fused-ring (bicyclic) bond motifs is 1. The van der Waals surface area contributed by atoms with Crippen molar-refractivity contribution in [1.82, 2.24) is 35.4 Å². The van der Waals surface area contributed by atoms with Gasteiger partial charge in [0.2, 0.25) is 23.6 Å². The zero-order valence-electron chi connectivity index (χ0n) is 29.3. The Labute approximate surface area is 302 Å². The summed E-state index contributed by atoms with van der Waals surface area (Å²) in [6.07, 6.45) is 3.16. The van der Waals surface area contributed by atoms with Gasteiger partial charge in [0, 0.05) is 81.4 Å². The standard InChI is InChI=1S/C38H42ClN7O5/c1-22-25(7-5-8-26(22)30-19-41-31(37(44-30)49-3)20-45-13-15-46(16-14-45)23(2)47)27-9-6-10-28(36(27)39)29-17-33-35(38(43-29)50-4)32(21-51-33)40-18-24-11-12-34(48)42-24/h5-10,17,19,24,32,40H,11-16,18,20-21H2,1-4H3,(H,42,48). The largest absolute Gasteiger partial charge is 0.491 e. The first kappa shape index (κ1) is 34.7. The number of ether oxygens (including phenoxy) is 3. The smallest absolute Gasteiger partial charge is 0.237 e. The summed E-state index contributed by atoms with van der Waals surface area (Å²) >= 11 is 7.20. The quantitative estimate of drug-likeness (QED) is 0.236. The third-order valence-corrected chi connectivity index (χ3v) is 10.4. The van der Waals surface area contributed by atoms with Crippen LogP contribution in [0.1, 0.15) is 42.6 Å². The number of hydrogen-bond acceptors (Lipinski definition) is 10. The van der Waals surface area contributed by atoms with Crippen LogP contribution in [-0.2, 0) is 16.1 Å². The molecule has 2 aromatic carbocycles. The number of nitrogens with zero attached hydrogens (tertiary/aromatic N) is 5. The second-order valence-corrected chi connectivity index (χ2v) is 13.5. The highest BCUT2D eigenvalue weighted by molar-refractivity contribution is 6.36. The fourth-order valence-electron chi connectivity index (χ4n) is 7.15. The minimum absolute atomic E-state index is 0.0895. The van der Waals surface area contributed by atoms with Crippen molar-refractivity contribution in [1.29, 1.82) is 0 Å². The molecule has 12 nitrogen and oxygen atoms in total. The van der Waals surface area contributed by atoms with Gasteiger partial charge >= 0.3 is 0 Å². The van der Waals surface area contributed by atoms with E-state index in [0.29, 0.717) is 73.1 Å². The molecule has 4 aromatic rings. The topological polar surface area (TPSA) is 131 Å². The van der Waals surface area contributed by atoms with Gasteiger partial charge in [0.25, 0.3) is 0 Å². The van der Waals surface area contributed by atoms with Crippen LogP contribution in [0.2, 0.25) is 5.02 Å². The van der Waals surface area contributed by atoms with Gasteiger partial charge in [-0.25, -0.2) is 9.97 Å². The van der Waals surface area contributed by atoms with Gasteiger partial charge in [-0.05, 0) is 24.5 Å². The monoisotopic (exact) mass is 711 g/mol. The number of methoxy groups -OCH3 is 2. The van der Waals surface area contributed by atoms with E-state index in [4.69, 9.17) is 40.8 Å². The summed E-state index contributed by atoms with van der Waals surface area (Å²) in [5.74, 6) is 1.84. The molecular weight excluding hydrogens is 670 g/mol. The lowest BCUT2D eigenvalue weighted by Gasteiger charge is -2.34. The van der Waals surface area contributed by atoms with Gasteiger partial charge < -0.3 is 29.7 Å². The van der Waals surface area contributed by atoms with E-state index in [2.05, 4.69) is 22.5 Å². The second-order valence-electron chi connectivity index (χ2n) is 13.1. The highest BCUT2D eigenvalue weighted by atomic mass is 35.5. The lowest BCUT2D eigenvalue weighted by Crippen LogP contribution is -2.47. The average molecular weight is 712 g/mol. The normalized spacial score (nSPS) is 18.7. The maximum atomic E-state index is 11.7. The van der Waals surface area contributed by atoms with E-state index in [-0.39, 0.29) is 23.9 Å². The number of hydrogen-bond donors (Lipinski definition) is 2. The molecule has 0 bridgehead atoms. The zero-order chi connectivity index (χ0) is 35.6. The molecule has 266 valence electrons. The summed E-state index contributed by atoms with van der Waals surface area (Å²) in [7, 11) is 3.22. The lowest BCUT2D eigenvalue weighted by molar-refractivity contribution is -0.130. The van der Waals surface area contributed by atoms with Crippen molar-refractivity contribution in [2.75, 3.05) is 53.6 Å². The molecule has 2 unspecified atom stereocenters. The number of rotatable bonds is 10. The van der Waals surface area contributed by atoms with Crippen LogP contribution in [0.3, 0.4) is 0 Å². The molecule has 5 heterocycles. The minimum Gasteiger partial charge on any atom is -0.491 e.